The molecule has 0 radical (unpaired) electrons. The van der Waals surface area contributed by atoms with E-state index in [1.165, 1.54) is 11.3 Å². The highest BCUT2D eigenvalue weighted by Gasteiger charge is 2.04. The molecule has 0 amide bonds. The van der Waals surface area contributed by atoms with Gasteiger partial charge in [-0.2, -0.15) is 0 Å². The minimum absolute atomic E-state index is 0.828. The predicted octanol–water partition coefficient (Wildman–Crippen LogP) is 1.95. The molecule has 0 spiro atoms. The quantitative estimate of drug-likeness (QED) is 0.816. The minimum atomic E-state index is 0.828. The van der Waals surface area contributed by atoms with Gasteiger partial charge in [0.2, 0.25) is 5.13 Å². The van der Waals surface area contributed by atoms with Crippen molar-refractivity contribution in [1.82, 2.24) is 15.2 Å². The van der Waals surface area contributed by atoms with Crippen LogP contribution in [0.25, 0.3) is 10.6 Å². The van der Waals surface area contributed by atoms with Gasteiger partial charge in [-0.1, -0.05) is 11.3 Å². The molecule has 2 aromatic heterocycles. The van der Waals surface area contributed by atoms with Crippen LogP contribution >= 0.6 is 11.3 Å². The van der Waals surface area contributed by atoms with Crippen LogP contribution in [-0.2, 0) is 0 Å². The maximum atomic E-state index is 4.13. The maximum absolute atomic E-state index is 4.13. The standard InChI is InChI=1S/C9H10N4S/c1-6-5-7(3-4-11-6)8-12-13-9(10-2)14-8/h3-5H,1-2H3,(H,10,13). The molecule has 0 saturated heterocycles. The molecule has 2 heterocycles. The SMILES string of the molecule is CNc1nnc(-c2ccnc(C)c2)s1. The molecular weight excluding hydrogens is 196 g/mol. The highest BCUT2D eigenvalue weighted by molar-refractivity contribution is 7.18. The van der Waals surface area contributed by atoms with Crippen LogP contribution in [0.2, 0.25) is 0 Å². The Morgan fingerprint density at radius 2 is 2.21 bits per heavy atom. The summed E-state index contributed by atoms with van der Waals surface area (Å²) in [6.07, 6.45) is 1.78. The fourth-order valence-corrected chi connectivity index (χ4v) is 1.81. The molecule has 0 fully saturated rings. The lowest BCUT2D eigenvalue weighted by molar-refractivity contribution is 1.09. The van der Waals surface area contributed by atoms with Gasteiger partial charge in [-0.3, -0.25) is 4.98 Å². The van der Waals surface area contributed by atoms with Crippen LogP contribution in [0.1, 0.15) is 5.69 Å². The Balaban J connectivity index is 2.39. The van der Waals surface area contributed by atoms with Crippen molar-refractivity contribution in [2.24, 2.45) is 0 Å². The second-order valence-corrected chi connectivity index (χ2v) is 3.83. The Morgan fingerprint density at radius 3 is 2.86 bits per heavy atom. The smallest absolute Gasteiger partial charge is 0.205 e. The molecule has 0 saturated carbocycles. The number of nitrogens with zero attached hydrogens (tertiary/aromatic N) is 3. The van der Waals surface area contributed by atoms with Crippen molar-refractivity contribution in [2.45, 2.75) is 6.92 Å². The van der Waals surface area contributed by atoms with E-state index in [1.807, 2.05) is 26.1 Å². The van der Waals surface area contributed by atoms with Crippen LogP contribution in [-0.4, -0.2) is 22.2 Å². The van der Waals surface area contributed by atoms with Gasteiger partial charge in [0, 0.05) is 24.5 Å². The molecule has 0 aromatic carbocycles. The van der Waals surface area contributed by atoms with E-state index in [4.69, 9.17) is 0 Å². The largest absolute Gasteiger partial charge is 0.363 e. The molecule has 2 aromatic rings. The lowest BCUT2D eigenvalue weighted by Gasteiger charge is -1.95. The number of hydrogen-bond acceptors (Lipinski definition) is 5. The molecule has 4 nitrogen and oxygen atoms in total. The van der Waals surface area contributed by atoms with Gasteiger partial charge in [-0.05, 0) is 19.1 Å². The average Bonchev–Trinajstić information content (AvgIpc) is 2.66. The van der Waals surface area contributed by atoms with Gasteiger partial charge in [0.25, 0.3) is 0 Å². The van der Waals surface area contributed by atoms with Gasteiger partial charge >= 0.3 is 0 Å². The van der Waals surface area contributed by atoms with E-state index in [-0.39, 0.29) is 0 Å². The van der Waals surface area contributed by atoms with E-state index in [9.17, 15) is 0 Å². The van der Waals surface area contributed by atoms with Gasteiger partial charge in [0.1, 0.15) is 5.01 Å². The number of aryl methyl sites for hydroxylation is 1. The molecule has 0 unspecified atom stereocenters. The van der Waals surface area contributed by atoms with Gasteiger partial charge in [-0.25, -0.2) is 0 Å². The third-order valence-electron chi connectivity index (χ3n) is 1.78. The first-order chi connectivity index (χ1) is 6.79. The lowest BCUT2D eigenvalue weighted by atomic mass is 10.2. The third kappa shape index (κ3) is 1.72. The number of hydrogen-bond donors (Lipinski definition) is 1. The van der Waals surface area contributed by atoms with Crippen molar-refractivity contribution in [3.8, 4) is 10.6 Å². The number of aromatic nitrogens is 3. The molecule has 14 heavy (non-hydrogen) atoms. The van der Waals surface area contributed by atoms with Crippen molar-refractivity contribution in [2.75, 3.05) is 12.4 Å². The minimum Gasteiger partial charge on any atom is -0.363 e. The zero-order valence-corrected chi connectivity index (χ0v) is 8.80. The molecule has 72 valence electrons. The van der Waals surface area contributed by atoms with Gasteiger partial charge in [0.05, 0.1) is 0 Å². The van der Waals surface area contributed by atoms with Gasteiger partial charge < -0.3 is 5.32 Å². The normalized spacial score (nSPS) is 10.1. The summed E-state index contributed by atoms with van der Waals surface area (Å²) < 4.78 is 0. The van der Waals surface area contributed by atoms with Crippen LogP contribution in [0.5, 0.6) is 0 Å². The predicted molar refractivity (Wildman–Crippen MR) is 57.4 cm³/mol. The summed E-state index contributed by atoms with van der Waals surface area (Å²) >= 11 is 1.53. The summed E-state index contributed by atoms with van der Waals surface area (Å²) in [6, 6.07) is 3.94. The number of rotatable bonds is 2. The Morgan fingerprint density at radius 1 is 1.36 bits per heavy atom. The summed E-state index contributed by atoms with van der Waals surface area (Å²) in [5.41, 5.74) is 2.06. The number of nitrogens with one attached hydrogen (secondary N) is 1. The van der Waals surface area contributed by atoms with E-state index in [2.05, 4.69) is 20.5 Å². The summed E-state index contributed by atoms with van der Waals surface area (Å²) in [5.74, 6) is 0. The second kappa shape index (κ2) is 3.71. The fraction of sp³-hybridized carbons (Fsp3) is 0.222. The molecule has 0 bridgehead atoms. The second-order valence-electron chi connectivity index (χ2n) is 2.85. The zero-order chi connectivity index (χ0) is 9.97. The first-order valence-electron chi connectivity index (χ1n) is 4.24. The Labute approximate surface area is 86.0 Å². The van der Waals surface area contributed by atoms with Crippen molar-refractivity contribution in [3.05, 3.63) is 24.0 Å². The maximum Gasteiger partial charge on any atom is 0.205 e. The monoisotopic (exact) mass is 206 g/mol. The summed E-state index contributed by atoms with van der Waals surface area (Å²) in [4.78, 5) is 4.13. The third-order valence-corrected chi connectivity index (χ3v) is 2.77. The highest BCUT2D eigenvalue weighted by atomic mass is 32.1. The average molecular weight is 206 g/mol. The first kappa shape index (κ1) is 9.08. The van der Waals surface area contributed by atoms with Crippen molar-refractivity contribution < 1.29 is 0 Å². The molecule has 5 heteroatoms. The van der Waals surface area contributed by atoms with Crippen LogP contribution in [0, 0.1) is 6.92 Å². The molecule has 0 aliphatic carbocycles. The fourth-order valence-electron chi connectivity index (χ4n) is 1.12. The summed E-state index contributed by atoms with van der Waals surface area (Å²) in [7, 11) is 1.84. The van der Waals surface area contributed by atoms with Crippen LogP contribution in [0.15, 0.2) is 18.3 Å². The summed E-state index contributed by atoms with van der Waals surface area (Å²) in [6.45, 7) is 1.96. The first-order valence-corrected chi connectivity index (χ1v) is 5.05. The van der Waals surface area contributed by atoms with Gasteiger partial charge in [-0.15, -0.1) is 10.2 Å². The number of anilines is 1. The molecular formula is C9H10N4S. The summed E-state index contributed by atoms with van der Waals surface area (Å²) in [5, 5.41) is 12.8. The molecule has 1 N–H and O–H groups in total. The molecule has 0 atom stereocenters. The number of pyridine rings is 1. The highest BCUT2D eigenvalue weighted by Crippen LogP contribution is 2.25. The topological polar surface area (TPSA) is 50.7 Å². The van der Waals surface area contributed by atoms with Crippen LogP contribution in [0.4, 0.5) is 5.13 Å². The van der Waals surface area contributed by atoms with Crippen molar-refractivity contribution in [3.63, 3.8) is 0 Å². The van der Waals surface area contributed by atoms with Gasteiger partial charge in [0.15, 0.2) is 0 Å². The van der Waals surface area contributed by atoms with Crippen LogP contribution < -0.4 is 5.32 Å². The van der Waals surface area contributed by atoms with E-state index >= 15 is 0 Å². The zero-order valence-electron chi connectivity index (χ0n) is 7.98. The Bertz CT molecular complexity index is 438. The van der Waals surface area contributed by atoms with E-state index in [0.29, 0.717) is 0 Å². The Kier molecular flexibility index (Phi) is 2.41. The Hall–Kier alpha value is -1.49. The van der Waals surface area contributed by atoms with E-state index in [0.717, 1.165) is 21.4 Å². The van der Waals surface area contributed by atoms with Crippen molar-refractivity contribution in [1.29, 1.82) is 0 Å². The molecule has 0 aliphatic heterocycles. The molecule has 2 rings (SSSR count). The lowest BCUT2D eigenvalue weighted by Crippen LogP contribution is -1.84. The molecule has 0 aliphatic rings. The van der Waals surface area contributed by atoms with E-state index in [1.54, 1.807) is 6.20 Å². The van der Waals surface area contributed by atoms with Crippen LogP contribution in [0.3, 0.4) is 0 Å². The van der Waals surface area contributed by atoms with Crippen molar-refractivity contribution >= 4 is 16.5 Å². The van der Waals surface area contributed by atoms with E-state index < -0.39 is 0 Å².